The quantitative estimate of drug-likeness (QED) is 0.866. The van der Waals surface area contributed by atoms with Gasteiger partial charge in [-0.25, -0.2) is 0 Å². The molecule has 0 aliphatic carbocycles. The van der Waals surface area contributed by atoms with Gasteiger partial charge in [-0.3, -0.25) is 19.4 Å². The number of aryl methyl sites for hydroxylation is 2. The minimum atomic E-state index is 0.0280. The third kappa shape index (κ3) is 5.05. The van der Waals surface area contributed by atoms with Crippen LogP contribution in [0.1, 0.15) is 24.0 Å². The molecule has 0 saturated carbocycles. The lowest BCUT2D eigenvalue weighted by atomic mass is 10.1. The van der Waals surface area contributed by atoms with Gasteiger partial charge in [0.1, 0.15) is 0 Å². The van der Waals surface area contributed by atoms with E-state index in [1.54, 1.807) is 0 Å². The van der Waals surface area contributed by atoms with E-state index >= 15 is 0 Å². The molecule has 2 aliphatic rings. The molecule has 0 unspecified atom stereocenters. The highest BCUT2D eigenvalue weighted by Crippen LogP contribution is 2.16. The van der Waals surface area contributed by atoms with E-state index in [-0.39, 0.29) is 11.8 Å². The van der Waals surface area contributed by atoms with Crippen molar-refractivity contribution in [3.05, 3.63) is 29.3 Å². The topological polar surface area (TPSA) is 55.9 Å². The zero-order chi connectivity index (χ0) is 18.5. The zero-order valence-electron chi connectivity index (χ0n) is 16.0. The maximum atomic E-state index is 12.4. The number of benzene rings is 1. The molecule has 142 valence electrons. The van der Waals surface area contributed by atoms with Crippen molar-refractivity contribution in [2.24, 2.45) is 0 Å². The third-order valence-corrected chi connectivity index (χ3v) is 5.32. The summed E-state index contributed by atoms with van der Waals surface area (Å²) in [6.45, 7) is 10.1. The minimum absolute atomic E-state index is 0.0280. The number of likely N-dealkylation sites (tertiary alicyclic amines) is 1. The van der Waals surface area contributed by atoms with E-state index in [1.807, 2.05) is 36.9 Å². The van der Waals surface area contributed by atoms with Gasteiger partial charge in [0.25, 0.3) is 0 Å². The third-order valence-electron chi connectivity index (χ3n) is 5.32. The van der Waals surface area contributed by atoms with Crippen LogP contribution in [0.15, 0.2) is 18.2 Å². The van der Waals surface area contributed by atoms with Crippen molar-refractivity contribution in [2.45, 2.75) is 26.7 Å². The Morgan fingerprint density at radius 2 is 1.54 bits per heavy atom. The van der Waals surface area contributed by atoms with Crippen LogP contribution >= 0.6 is 0 Å². The van der Waals surface area contributed by atoms with E-state index in [0.29, 0.717) is 13.1 Å². The van der Waals surface area contributed by atoms with E-state index < -0.39 is 0 Å². The summed E-state index contributed by atoms with van der Waals surface area (Å²) in [6, 6.07) is 6.09. The molecule has 0 radical (unpaired) electrons. The molecule has 1 N–H and O–H groups in total. The van der Waals surface area contributed by atoms with E-state index in [1.165, 1.54) is 0 Å². The van der Waals surface area contributed by atoms with E-state index in [0.717, 1.165) is 68.9 Å². The van der Waals surface area contributed by atoms with Crippen LogP contribution in [-0.4, -0.2) is 78.9 Å². The standard InChI is InChI=1S/C20H30N4O2/c1-16-5-6-17(2)18(13-16)21-19(25)14-22-9-11-23(12-10-22)15-20(26)24-7-3-4-8-24/h5-6,13H,3-4,7-12,14-15H2,1-2H3,(H,21,25). The molecular formula is C20H30N4O2. The number of amides is 2. The molecular weight excluding hydrogens is 328 g/mol. The highest BCUT2D eigenvalue weighted by molar-refractivity contribution is 5.93. The molecule has 26 heavy (non-hydrogen) atoms. The Balaban J connectivity index is 1.41. The lowest BCUT2D eigenvalue weighted by Gasteiger charge is -2.34. The molecule has 2 saturated heterocycles. The van der Waals surface area contributed by atoms with Gasteiger partial charge in [-0.2, -0.15) is 0 Å². The summed E-state index contributed by atoms with van der Waals surface area (Å²) < 4.78 is 0. The maximum absolute atomic E-state index is 12.4. The van der Waals surface area contributed by atoms with Gasteiger partial charge in [-0.1, -0.05) is 12.1 Å². The molecule has 0 atom stereocenters. The van der Waals surface area contributed by atoms with Gasteiger partial charge in [0.05, 0.1) is 13.1 Å². The largest absolute Gasteiger partial charge is 0.342 e. The summed E-state index contributed by atoms with van der Waals surface area (Å²) in [5, 5.41) is 3.02. The first-order chi connectivity index (χ1) is 12.5. The number of rotatable bonds is 5. The fraction of sp³-hybridized carbons (Fsp3) is 0.600. The molecule has 3 rings (SSSR count). The summed E-state index contributed by atoms with van der Waals surface area (Å²) in [5.41, 5.74) is 3.11. The van der Waals surface area contributed by atoms with Crippen LogP contribution in [0.3, 0.4) is 0 Å². The van der Waals surface area contributed by atoms with E-state index in [2.05, 4.69) is 15.1 Å². The van der Waals surface area contributed by atoms with Gasteiger partial charge >= 0.3 is 0 Å². The molecule has 0 aromatic heterocycles. The van der Waals surface area contributed by atoms with Crippen LogP contribution in [0, 0.1) is 13.8 Å². The Kier molecular flexibility index (Phi) is 6.27. The monoisotopic (exact) mass is 358 g/mol. The van der Waals surface area contributed by atoms with Crippen molar-refractivity contribution < 1.29 is 9.59 Å². The van der Waals surface area contributed by atoms with Crippen LogP contribution in [-0.2, 0) is 9.59 Å². The van der Waals surface area contributed by atoms with E-state index in [4.69, 9.17) is 0 Å². The molecule has 1 aromatic carbocycles. The number of hydrogen-bond acceptors (Lipinski definition) is 4. The normalized spacial score (nSPS) is 18.9. The van der Waals surface area contributed by atoms with Gasteiger partial charge in [0.2, 0.25) is 11.8 Å². The Morgan fingerprint density at radius 1 is 0.923 bits per heavy atom. The molecule has 6 nitrogen and oxygen atoms in total. The predicted octanol–water partition coefficient (Wildman–Crippen LogP) is 1.48. The molecule has 2 fully saturated rings. The number of nitrogens with zero attached hydrogens (tertiary/aromatic N) is 3. The number of piperazine rings is 1. The SMILES string of the molecule is Cc1ccc(C)c(NC(=O)CN2CCN(CC(=O)N3CCCC3)CC2)c1. The second-order valence-corrected chi connectivity index (χ2v) is 7.51. The smallest absolute Gasteiger partial charge is 0.238 e. The molecule has 2 heterocycles. The first-order valence-corrected chi connectivity index (χ1v) is 9.61. The van der Waals surface area contributed by atoms with Crippen molar-refractivity contribution >= 4 is 17.5 Å². The van der Waals surface area contributed by atoms with Gasteiger partial charge in [-0.05, 0) is 43.9 Å². The van der Waals surface area contributed by atoms with Crippen LogP contribution in [0.25, 0.3) is 0 Å². The van der Waals surface area contributed by atoms with Crippen molar-refractivity contribution in [1.29, 1.82) is 0 Å². The molecule has 1 aromatic rings. The number of nitrogens with one attached hydrogen (secondary N) is 1. The van der Waals surface area contributed by atoms with E-state index in [9.17, 15) is 9.59 Å². The Labute approximate surface area is 156 Å². The maximum Gasteiger partial charge on any atom is 0.238 e. The summed E-state index contributed by atoms with van der Waals surface area (Å²) in [6.07, 6.45) is 2.27. The summed E-state index contributed by atoms with van der Waals surface area (Å²) >= 11 is 0. The first kappa shape index (κ1) is 18.9. The number of anilines is 1. The van der Waals surface area contributed by atoms with Crippen LogP contribution in [0.5, 0.6) is 0 Å². The Hall–Kier alpha value is -1.92. The minimum Gasteiger partial charge on any atom is -0.342 e. The molecule has 6 heteroatoms. The van der Waals surface area contributed by atoms with Gasteiger partial charge < -0.3 is 10.2 Å². The summed E-state index contributed by atoms with van der Waals surface area (Å²) in [7, 11) is 0. The number of carbonyl (C=O) groups is 2. The van der Waals surface area contributed by atoms with Crippen LogP contribution < -0.4 is 5.32 Å². The first-order valence-electron chi connectivity index (χ1n) is 9.61. The van der Waals surface area contributed by atoms with Gasteiger partial charge in [0, 0.05) is 45.0 Å². The van der Waals surface area contributed by atoms with Crippen LogP contribution in [0.4, 0.5) is 5.69 Å². The van der Waals surface area contributed by atoms with Crippen LogP contribution in [0.2, 0.25) is 0 Å². The fourth-order valence-electron chi connectivity index (χ4n) is 3.63. The zero-order valence-corrected chi connectivity index (χ0v) is 16.0. The predicted molar refractivity (Wildman–Crippen MR) is 103 cm³/mol. The van der Waals surface area contributed by atoms with Gasteiger partial charge in [-0.15, -0.1) is 0 Å². The average molecular weight is 358 g/mol. The van der Waals surface area contributed by atoms with Crippen molar-refractivity contribution in [3.8, 4) is 0 Å². The molecule has 0 spiro atoms. The second kappa shape index (κ2) is 8.64. The Bertz CT molecular complexity index is 647. The lowest BCUT2D eigenvalue weighted by molar-refractivity contribution is -0.132. The molecule has 2 aliphatic heterocycles. The highest BCUT2D eigenvalue weighted by Gasteiger charge is 2.24. The van der Waals surface area contributed by atoms with Crippen molar-refractivity contribution in [3.63, 3.8) is 0 Å². The molecule has 0 bridgehead atoms. The lowest BCUT2D eigenvalue weighted by Crippen LogP contribution is -2.51. The summed E-state index contributed by atoms with van der Waals surface area (Å²) in [5.74, 6) is 0.281. The van der Waals surface area contributed by atoms with Gasteiger partial charge in [0.15, 0.2) is 0 Å². The second-order valence-electron chi connectivity index (χ2n) is 7.51. The summed E-state index contributed by atoms with van der Waals surface area (Å²) in [4.78, 5) is 30.9. The van der Waals surface area contributed by atoms with Crippen molar-refractivity contribution in [2.75, 3.05) is 57.7 Å². The fourth-order valence-corrected chi connectivity index (χ4v) is 3.63. The number of hydrogen-bond donors (Lipinski definition) is 1. The van der Waals surface area contributed by atoms with Crippen molar-refractivity contribution in [1.82, 2.24) is 14.7 Å². The molecule has 2 amide bonds. The number of carbonyl (C=O) groups excluding carboxylic acids is 2. The Morgan fingerprint density at radius 3 is 2.19 bits per heavy atom. The highest BCUT2D eigenvalue weighted by atomic mass is 16.2. The average Bonchev–Trinajstić information content (AvgIpc) is 3.14.